The number of nitrogens with zero attached hydrogens (tertiary/aromatic N) is 2. The van der Waals surface area contributed by atoms with Gasteiger partial charge in [0.1, 0.15) is 0 Å². The Hall–Kier alpha value is -1.72. The van der Waals surface area contributed by atoms with Crippen molar-refractivity contribution in [3.05, 3.63) is 59.4 Å². The van der Waals surface area contributed by atoms with Gasteiger partial charge in [0.15, 0.2) is 0 Å². The standard InChI is InChI=1S/C18H24N2O2S/c1-14-6-7-16(18(2,3)4)12-17(14)23(21,22)20(5)13-15-8-10-19-11-9-15/h6-12H,13H2,1-5H3. The van der Waals surface area contributed by atoms with Crippen molar-refractivity contribution in [1.29, 1.82) is 0 Å². The van der Waals surface area contributed by atoms with Crippen LogP contribution >= 0.6 is 0 Å². The zero-order valence-electron chi connectivity index (χ0n) is 14.4. The first kappa shape index (κ1) is 17.6. The first-order valence-corrected chi connectivity index (χ1v) is 9.03. The van der Waals surface area contributed by atoms with Gasteiger partial charge < -0.3 is 0 Å². The number of sulfonamides is 1. The van der Waals surface area contributed by atoms with E-state index >= 15 is 0 Å². The molecular weight excluding hydrogens is 308 g/mol. The highest BCUT2D eigenvalue weighted by atomic mass is 32.2. The Kier molecular flexibility index (Phi) is 4.92. The third-order valence-corrected chi connectivity index (χ3v) is 5.84. The SMILES string of the molecule is Cc1ccc(C(C)(C)C)cc1S(=O)(=O)N(C)Cc1ccncc1. The fraction of sp³-hybridized carbons (Fsp3) is 0.389. The summed E-state index contributed by atoms with van der Waals surface area (Å²) in [7, 11) is -1.93. The zero-order chi connectivity index (χ0) is 17.3. The molecule has 0 aliphatic rings. The van der Waals surface area contributed by atoms with Crippen LogP contribution in [0.3, 0.4) is 0 Å². The molecule has 124 valence electrons. The molecule has 1 aromatic heterocycles. The van der Waals surface area contributed by atoms with Crippen molar-refractivity contribution in [3.63, 3.8) is 0 Å². The number of rotatable bonds is 4. The summed E-state index contributed by atoms with van der Waals surface area (Å²) in [4.78, 5) is 4.33. The number of aromatic nitrogens is 1. The minimum absolute atomic E-state index is 0.0956. The molecule has 0 N–H and O–H groups in total. The van der Waals surface area contributed by atoms with Gasteiger partial charge in [-0.25, -0.2) is 8.42 Å². The molecule has 5 heteroatoms. The van der Waals surface area contributed by atoms with Crippen LogP contribution in [0.15, 0.2) is 47.6 Å². The van der Waals surface area contributed by atoms with Gasteiger partial charge in [-0.05, 0) is 47.2 Å². The van der Waals surface area contributed by atoms with E-state index in [9.17, 15) is 8.42 Å². The number of hydrogen-bond donors (Lipinski definition) is 0. The van der Waals surface area contributed by atoms with Crippen molar-refractivity contribution < 1.29 is 8.42 Å². The molecule has 0 atom stereocenters. The lowest BCUT2D eigenvalue weighted by molar-refractivity contribution is 0.465. The molecule has 0 radical (unpaired) electrons. The van der Waals surface area contributed by atoms with Crippen LogP contribution in [0.25, 0.3) is 0 Å². The number of aryl methyl sites for hydroxylation is 1. The molecule has 23 heavy (non-hydrogen) atoms. The molecule has 2 aromatic rings. The molecule has 0 aliphatic heterocycles. The second kappa shape index (κ2) is 6.42. The summed E-state index contributed by atoms with van der Waals surface area (Å²) in [5.41, 5.74) is 2.59. The van der Waals surface area contributed by atoms with Gasteiger partial charge in [0.05, 0.1) is 4.90 Å². The van der Waals surface area contributed by atoms with E-state index in [0.717, 1.165) is 16.7 Å². The third kappa shape index (κ3) is 3.98. The summed E-state index contributed by atoms with van der Waals surface area (Å²) in [5.74, 6) is 0. The van der Waals surface area contributed by atoms with E-state index in [0.29, 0.717) is 11.4 Å². The van der Waals surface area contributed by atoms with Gasteiger partial charge in [-0.15, -0.1) is 0 Å². The smallest absolute Gasteiger partial charge is 0.243 e. The first-order chi connectivity index (χ1) is 10.6. The maximum absolute atomic E-state index is 12.9. The first-order valence-electron chi connectivity index (χ1n) is 7.59. The van der Waals surface area contributed by atoms with E-state index in [4.69, 9.17) is 0 Å². The highest BCUT2D eigenvalue weighted by Gasteiger charge is 2.25. The minimum atomic E-state index is -3.54. The molecule has 0 amide bonds. The number of pyridine rings is 1. The van der Waals surface area contributed by atoms with E-state index in [2.05, 4.69) is 25.8 Å². The van der Waals surface area contributed by atoms with E-state index in [1.807, 2.05) is 31.2 Å². The molecule has 0 bridgehead atoms. The maximum Gasteiger partial charge on any atom is 0.243 e. The lowest BCUT2D eigenvalue weighted by Crippen LogP contribution is -2.27. The van der Waals surface area contributed by atoms with Crippen molar-refractivity contribution in [1.82, 2.24) is 9.29 Å². The fourth-order valence-corrected chi connectivity index (χ4v) is 3.75. The molecule has 0 saturated carbocycles. The molecular formula is C18H24N2O2S. The van der Waals surface area contributed by atoms with Crippen molar-refractivity contribution in [2.24, 2.45) is 0 Å². The normalized spacial score (nSPS) is 12.6. The van der Waals surface area contributed by atoms with Crippen LogP contribution in [0.5, 0.6) is 0 Å². The van der Waals surface area contributed by atoms with Gasteiger partial charge in [0.2, 0.25) is 10.0 Å². The Morgan fingerprint density at radius 3 is 2.26 bits per heavy atom. The predicted octanol–water partition coefficient (Wildman–Crippen LogP) is 3.51. The summed E-state index contributed by atoms with van der Waals surface area (Å²) in [6.45, 7) is 8.39. The number of hydrogen-bond acceptors (Lipinski definition) is 3. The third-order valence-electron chi connectivity index (χ3n) is 3.90. The second-order valence-electron chi connectivity index (χ2n) is 6.85. The molecule has 1 heterocycles. The van der Waals surface area contributed by atoms with Crippen LogP contribution in [-0.4, -0.2) is 24.8 Å². The van der Waals surface area contributed by atoms with Crippen molar-refractivity contribution >= 4 is 10.0 Å². The van der Waals surface area contributed by atoms with Crippen LogP contribution in [-0.2, 0) is 22.0 Å². The van der Waals surface area contributed by atoms with Gasteiger partial charge in [0, 0.05) is 26.0 Å². The van der Waals surface area contributed by atoms with E-state index < -0.39 is 10.0 Å². The summed E-state index contributed by atoms with van der Waals surface area (Å²) in [5, 5.41) is 0. The predicted molar refractivity (Wildman–Crippen MR) is 92.8 cm³/mol. The topological polar surface area (TPSA) is 50.3 Å². The van der Waals surface area contributed by atoms with Gasteiger partial charge in [0.25, 0.3) is 0 Å². The van der Waals surface area contributed by atoms with Crippen LogP contribution in [0.4, 0.5) is 0 Å². The fourth-order valence-electron chi connectivity index (χ4n) is 2.34. The molecule has 4 nitrogen and oxygen atoms in total. The van der Waals surface area contributed by atoms with Crippen molar-refractivity contribution in [2.45, 2.75) is 44.6 Å². The van der Waals surface area contributed by atoms with Gasteiger partial charge in [-0.2, -0.15) is 4.31 Å². The molecule has 0 unspecified atom stereocenters. The van der Waals surface area contributed by atoms with Crippen LogP contribution in [0.1, 0.15) is 37.5 Å². The Labute approximate surface area is 139 Å². The summed E-state index contributed by atoms with van der Waals surface area (Å²) < 4.78 is 27.3. The minimum Gasteiger partial charge on any atom is -0.265 e. The molecule has 0 spiro atoms. The Morgan fingerprint density at radius 1 is 1.09 bits per heavy atom. The largest absolute Gasteiger partial charge is 0.265 e. The molecule has 1 aromatic carbocycles. The van der Waals surface area contributed by atoms with Crippen LogP contribution < -0.4 is 0 Å². The quantitative estimate of drug-likeness (QED) is 0.861. The summed E-state index contributed by atoms with van der Waals surface area (Å²) in [6, 6.07) is 9.33. The average molecular weight is 332 g/mol. The van der Waals surface area contributed by atoms with Gasteiger partial charge in [-0.3, -0.25) is 4.98 Å². The highest BCUT2D eigenvalue weighted by molar-refractivity contribution is 7.89. The Morgan fingerprint density at radius 2 is 1.70 bits per heavy atom. The van der Waals surface area contributed by atoms with Crippen LogP contribution in [0, 0.1) is 6.92 Å². The Bertz CT molecular complexity index is 778. The monoisotopic (exact) mass is 332 g/mol. The Balaban J connectivity index is 2.39. The molecule has 2 rings (SSSR count). The number of benzene rings is 1. The molecule has 0 saturated heterocycles. The van der Waals surface area contributed by atoms with Crippen molar-refractivity contribution in [3.8, 4) is 0 Å². The van der Waals surface area contributed by atoms with Gasteiger partial charge in [-0.1, -0.05) is 32.9 Å². The maximum atomic E-state index is 12.9. The van der Waals surface area contributed by atoms with E-state index in [1.54, 1.807) is 25.5 Å². The lowest BCUT2D eigenvalue weighted by Gasteiger charge is -2.23. The highest BCUT2D eigenvalue weighted by Crippen LogP contribution is 2.28. The molecule has 0 aliphatic carbocycles. The molecule has 0 fully saturated rings. The van der Waals surface area contributed by atoms with Gasteiger partial charge >= 0.3 is 0 Å². The average Bonchev–Trinajstić information content (AvgIpc) is 2.47. The lowest BCUT2D eigenvalue weighted by atomic mass is 9.87. The van der Waals surface area contributed by atoms with E-state index in [1.165, 1.54) is 4.31 Å². The van der Waals surface area contributed by atoms with Crippen molar-refractivity contribution in [2.75, 3.05) is 7.05 Å². The van der Waals surface area contributed by atoms with E-state index in [-0.39, 0.29) is 5.41 Å². The summed E-state index contributed by atoms with van der Waals surface area (Å²) in [6.07, 6.45) is 3.34. The second-order valence-corrected chi connectivity index (χ2v) is 8.86. The summed E-state index contributed by atoms with van der Waals surface area (Å²) >= 11 is 0. The van der Waals surface area contributed by atoms with Crippen LogP contribution in [0.2, 0.25) is 0 Å². The zero-order valence-corrected chi connectivity index (χ0v) is 15.2.